The summed E-state index contributed by atoms with van der Waals surface area (Å²) in [5.41, 5.74) is 1.77. The fraction of sp³-hybridized carbons (Fsp3) is 0.192. The van der Waals surface area contributed by atoms with Crippen molar-refractivity contribution in [3.8, 4) is 17.3 Å². The van der Waals surface area contributed by atoms with E-state index in [2.05, 4.69) is 36.2 Å². The molecule has 0 fully saturated rings. The fourth-order valence-electron chi connectivity index (χ4n) is 3.58. The molecule has 2 heterocycles. The van der Waals surface area contributed by atoms with E-state index >= 15 is 0 Å². The highest BCUT2D eigenvalue weighted by molar-refractivity contribution is 6.06. The van der Waals surface area contributed by atoms with Gasteiger partial charge in [0.15, 0.2) is 5.82 Å². The van der Waals surface area contributed by atoms with Gasteiger partial charge in [-0.3, -0.25) is 9.59 Å². The first-order valence-electron chi connectivity index (χ1n) is 11.5. The number of hydrogen-bond acceptors (Lipinski definition) is 8. The number of benzene rings is 2. The van der Waals surface area contributed by atoms with E-state index in [4.69, 9.17) is 0 Å². The molecule has 4 aromatic rings. The zero-order valence-corrected chi connectivity index (χ0v) is 19.8. The number of para-hydroxylation sites is 1. The molecule has 2 aromatic heterocycles. The molecular formula is C26H27N7O3. The molecule has 0 aliphatic rings. The number of carbonyl (C=O) groups excluding carboxylic acids is 2. The van der Waals surface area contributed by atoms with E-state index in [0.29, 0.717) is 60.1 Å². The topological polar surface area (TPSA) is 141 Å². The predicted octanol–water partition coefficient (Wildman–Crippen LogP) is 2.79. The van der Waals surface area contributed by atoms with Crippen molar-refractivity contribution < 1.29 is 14.7 Å². The number of pyridine rings is 1. The smallest absolute Gasteiger partial charge is 0.252 e. The Kier molecular flexibility index (Phi) is 7.87. The van der Waals surface area contributed by atoms with Crippen LogP contribution in [0.5, 0.6) is 5.88 Å². The minimum atomic E-state index is -0.307. The zero-order valence-electron chi connectivity index (χ0n) is 19.8. The van der Waals surface area contributed by atoms with Crippen LogP contribution in [0.4, 0.5) is 11.6 Å². The molecule has 0 radical (unpaired) electrons. The summed E-state index contributed by atoms with van der Waals surface area (Å²) in [6.45, 7) is 3.18. The van der Waals surface area contributed by atoms with Gasteiger partial charge in [0.05, 0.1) is 11.1 Å². The van der Waals surface area contributed by atoms with Crippen LogP contribution in [0.1, 0.15) is 17.3 Å². The van der Waals surface area contributed by atoms with Crippen LogP contribution in [0.2, 0.25) is 0 Å². The molecule has 0 bridgehead atoms. The predicted molar refractivity (Wildman–Crippen MR) is 139 cm³/mol. The molecule has 0 aliphatic carbocycles. The van der Waals surface area contributed by atoms with Crippen LogP contribution < -0.4 is 21.3 Å². The summed E-state index contributed by atoms with van der Waals surface area (Å²) >= 11 is 0. The molecule has 5 N–H and O–H groups in total. The Morgan fingerprint density at radius 1 is 0.778 bits per heavy atom. The van der Waals surface area contributed by atoms with Gasteiger partial charge in [-0.05, 0) is 6.07 Å². The average molecular weight is 486 g/mol. The highest BCUT2D eigenvalue weighted by Crippen LogP contribution is 2.22. The van der Waals surface area contributed by atoms with Gasteiger partial charge in [0.2, 0.25) is 11.8 Å². The standard InChI is InChI=1S/C26H27N7O3/c1-17(34)27-11-12-28-22-16-23(33-25(32-22)18-7-3-2-4-8-18)29-13-14-30-26(36)20-15-24(35)31-21-10-6-5-9-19(20)21/h2-10,15-16H,11-14H2,1H3,(H,27,34)(H,30,36)(H,31,35)(H2,28,29,32,33). The second-order valence-corrected chi connectivity index (χ2v) is 7.97. The normalized spacial score (nSPS) is 10.6. The van der Waals surface area contributed by atoms with Gasteiger partial charge in [-0.15, -0.1) is 0 Å². The van der Waals surface area contributed by atoms with Crippen LogP contribution in [0.15, 0.2) is 66.7 Å². The van der Waals surface area contributed by atoms with Crippen molar-refractivity contribution in [3.05, 3.63) is 72.3 Å². The van der Waals surface area contributed by atoms with Crippen molar-refractivity contribution in [1.82, 2.24) is 25.6 Å². The van der Waals surface area contributed by atoms with Crippen LogP contribution in [0, 0.1) is 0 Å². The summed E-state index contributed by atoms with van der Waals surface area (Å²) in [6, 6.07) is 19.9. The molecule has 2 amide bonds. The van der Waals surface area contributed by atoms with Crippen molar-refractivity contribution in [2.24, 2.45) is 0 Å². The Balaban J connectivity index is 1.41. The van der Waals surface area contributed by atoms with Gasteiger partial charge >= 0.3 is 0 Å². The number of amides is 2. The van der Waals surface area contributed by atoms with Crippen LogP contribution in [-0.2, 0) is 4.79 Å². The number of aromatic nitrogens is 3. The van der Waals surface area contributed by atoms with E-state index < -0.39 is 0 Å². The second kappa shape index (κ2) is 11.6. The number of hydrogen-bond donors (Lipinski definition) is 5. The number of carbonyl (C=O) groups is 2. The maximum absolute atomic E-state index is 12.8. The fourth-order valence-corrected chi connectivity index (χ4v) is 3.58. The van der Waals surface area contributed by atoms with E-state index in [1.165, 1.54) is 13.0 Å². The summed E-state index contributed by atoms with van der Waals surface area (Å²) in [5, 5.41) is 22.6. The molecule has 10 nitrogen and oxygen atoms in total. The lowest BCUT2D eigenvalue weighted by Crippen LogP contribution is -2.29. The number of aromatic hydroxyl groups is 1. The van der Waals surface area contributed by atoms with Crippen LogP contribution in [0.3, 0.4) is 0 Å². The molecule has 0 unspecified atom stereocenters. The average Bonchev–Trinajstić information content (AvgIpc) is 2.89. The first kappa shape index (κ1) is 24.4. The highest BCUT2D eigenvalue weighted by Gasteiger charge is 2.12. The van der Waals surface area contributed by atoms with E-state index in [-0.39, 0.29) is 17.7 Å². The Hall–Kier alpha value is -4.73. The maximum Gasteiger partial charge on any atom is 0.252 e. The monoisotopic (exact) mass is 485 g/mol. The zero-order chi connectivity index (χ0) is 25.3. The molecule has 0 saturated carbocycles. The van der Waals surface area contributed by atoms with Gasteiger partial charge in [0, 0.05) is 56.2 Å². The van der Waals surface area contributed by atoms with Crippen molar-refractivity contribution in [2.45, 2.75) is 6.92 Å². The number of nitrogens with one attached hydrogen (secondary N) is 4. The first-order valence-corrected chi connectivity index (χ1v) is 11.5. The van der Waals surface area contributed by atoms with E-state index in [9.17, 15) is 14.7 Å². The molecule has 36 heavy (non-hydrogen) atoms. The largest absolute Gasteiger partial charge is 0.493 e. The Labute approximate surface area is 208 Å². The molecule has 0 atom stereocenters. The summed E-state index contributed by atoms with van der Waals surface area (Å²) in [4.78, 5) is 37.1. The molecule has 10 heteroatoms. The Bertz CT molecular complexity index is 1360. The third kappa shape index (κ3) is 6.44. The van der Waals surface area contributed by atoms with E-state index in [1.807, 2.05) is 36.4 Å². The van der Waals surface area contributed by atoms with E-state index in [1.54, 1.807) is 24.3 Å². The minimum absolute atomic E-state index is 0.0937. The lowest BCUT2D eigenvalue weighted by molar-refractivity contribution is -0.118. The molecule has 0 aliphatic heterocycles. The van der Waals surface area contributed by atoms with E-state index in [0.717, 1.165) is 5.56 Å². The number of anilines is 2. The van der Waals surface area contributed by atoms with Crippen LogP contribution in [0.25, 0.3) is 22.3 Å². The number of nitrogens with zero attached hydrogens (tertiary/aromatic N) is 3. The minimum Gasteiger partial charge on any atom is -0.493 e. The Morgan fingerprint density at radius 3 is 2.11 bits per heavy atom. The highest BCUT2D eigenvalue weighted by atomic mass is 16.3. The summed E-state index contributed by atoms with van der Waals surface area (Å²) < 4.78 is 0. The first-order chi connectivity index (χ1) is 17.5. The number of fused-ring (bicyclic) bond motifs is 1. The molecular weight excluding hydrogens is 458 g/mol. The molecule has 184 valence electrons. The number of rotatable bonds is 10. The third-order valence-corrected chi connectivity index (χ3v) is 5.23. The summed E-state index contributed by atoms with van der Waals surface area (Å²) in [6.07, 6.45) is 0. The summed E-state index contributed by atoms with van der Waals surface area (Å²) in [5.74, 6) is 1.14. The van der Waals surface area contributed by atoms with Gasteiger partial charge < -0.3 is 26.4 Å². The second-order valence-electron chi connectivity index (χ2n) is 7.97. The molecule has 0 saturated heterocycles. The van der Waals surface area contributed by atoms with Gasteiger partial charge in [-0.25, -0.2) is 15.0 Å². The van der Waals surface area contributed by atoms with Crippen molar-refractivity contribution in [2.75, 3.05) is 36.8 Å². The lowest BCUT2D eigenvalue weighted by atomic mass is 10.1. The Morgan fingerprint density at radius 2 is 1.42 bits per heavy atom. The van der Waals surface area contributed by atoms with Gasteiger partial charge in [0.25, 0.3) is 5.91 Å². The maximum atomic E-state index is 12.8. The van der Waals surface area contributed by atoms with Crippen LogP contribution in [-0.4, -0.2) is 58.1 Å². The van der Waals surface area contributed by atoms with Crippen LogP contribution >= 0.6 is 0 Å². The van der Waals surface area contributed by atoms with Crippen molar-refractivity contribution >= 4 is 34.4 Å². The van der Waals surface area contributed by atoms with Gasteiger partial charge in [0.1, 0.15) is 11.6 Å². The van der Waals surface area contributed by atoms with Crippen molar-refractivity contribution in [1.29, 1.82) is 0 Å². The lowest BCUT2D eigenvalue weighted by Gasteiger charge is -2.13. The quantitative estimate of drug-likeness (QED) is 0.216. The molecule has 4 rings (SSSR count). The summed E-state index contributed by atoms with van der Waals surface area (Å²) in [7, 11) is 0. The van der Waals surface area contributed by atoms with Gasteiger partial charge in [-0.2, -0.15) is 0 Å². The molecule has 2 aromatic carbocycles. The molecule has 0 spiro atoms. The van der Waals surface area contributed by atoms with Gasteiger partial charge in [-0.1, -0.05) is 48.5 Å². The SMILES string of the molecule is CC(=O)NCCNc1cc(NCCNC(=O)c2cc(O)nc3ccccc23)nc(-c2ccccc2)n1. The van der Waals surface area contributed by atoms with Crippen molar-refractivity contribution in [3.63, 3.8) is 0 Å². The third-order valence-electron chi connectivity index (χ3n) is 5.23.